The minimum absolute atomic E-state index is 0.0132. The van der Waals surface area contributed by atoms with Gasteiger partial charge in [-0.1, -0.05) is 133 Å². The van der Waals surface area contributed by atoms with Crippen molar-refractivity contribution in [2.24, 2.45) is 47.3 Å². The molecule has 4 aromatic carbocycles. The lowest BCUT2D eigenvalue weighted by Crippen LogP contribution is -2.69. The number of carbonyl (C=O) groups excluding carboxylic acids is 3. The van der Waals surface area contributed by atoms with Crippen LogP contribution in [-0.2, 0) is 34.7 Å². The third-order valence-corrected chi connectivity index (χ3v) is 12.6. The van der Waals surface area contributed by atoms with Gasteiger partial charge in [-0.3, -0.25) is 14.4 Å². The van der Waals surface area contributed by atoms with E-state index in [9.17, 15) is 9.59 Å². The highest BCUT2D eigenvalue weighted by atomic mass is 16.5. The monoisotopic (exact) mass is 632 g/mol. The summed E-state index contributed by atoms with van der Waals surface area (Å²) in [4.78, 5) is 43.5. The molecule has 3 fully saturated rings. The van der Waals surface area contributed by atoms with Crippen LogP contribution in [-0.4, -0.2) is 31.9 Å². The summed E-state index contributed by atoms with van der Waals surface area (Å²) in [5, 5.41) is 0. The second-order valence-corrected chi connectivity index (χ2v) is 14.0. The van der Waals surface area contributed by atoms with Crippen LogP contribution >= 0.6 is 0 Å². The number of esters is 2. The largest absolute Gasteiger partial charge is 0.469 e. The zero-order valence-corrected chi connectivity index (χ0v) is 26.9. The molecule has 0 radical (unpaired) electrons. The van der Waals surface area contributed by atoms with E-state index in [2.05, 4.69) is 84.9 Å². The summed E-state index contributed by atoms with van der Waals surface area (Å²) in [6, 6.07) is 41.4. The van der Waals surface area contributed by atoms with Crippen molar-refractivity contribution in [1.82, 2.24) is 0 Å². The number of allylic oxidation sites excluding steroid dienone is 4. The predicted molar refractivity (Wildman–Crippen MR) is 182 cm³/mol. The minimum atomic E-state index is -0.984. The van der Waals surface area contributed by atoms with Crippen molar-refractivity contribution in [3.05, 3.63) is 156 Å². The van der Waals surface area contributed by atoms with E-state index in [4.69, 9.17) is 9.47 Å². The first kappa shape index (κ1) is 29.1. The summed E-state index contributed by atoms with van der Waals surface area (Å²) in [7, 11) is 2.78. The molecule has 10 rings (SSSR count). The number of benzene rings is 4. The zero-order chi connectivity index (χ0) is 32.8. The zero-order valence-electron chi connectivity index (χ0n) is 26.9. The summed E-state index contributed by atoms with van der Waals surface area (Å²) >= 11 is 0. The molecular formula is C43H36O5. The van der Waals surface area contributed by atoms with E-state index in [0.29, 0.717) is 0 Å². The van der Waals surface area contributed by atoms with Gasteiger partial charge >= 0.3 is 11.9 Å². The van der Waals surface area contributed by atoms with E-state index in [1.165, 1.54) is 14.2 Å². The predicted octanol–water partition coefficient (Wildman–Crippen LogP) is 6.94. The highest BCUT2D eigenvalue weighted by Gasteiger charge is 2.86. The quantitative estimate of drug-likeness (QED) is 0.170. The summed E-state index contributed by atoms with van der Waals surface area (Å²) in [5.74, 6) is -2.72. The fourth-order valence-corrected chi connectivity index (χ4v) is 11.4. The van der Waals surface area contributed by atoms with E-state index < -0.39 is 34.6 Å². The summed E-state index contributed by atoms with van der Waals surface area (Å²) in [5.41, 5.74) is 4.16. The topological polar surface area (TPSA) is 69.7 Å². The number of hydrogen-bond donors (Lipinski definition) is 0. The molecule has 0 aromatic heterocycles. The van der Waals surface area contributed by atoms with Crippen molar-refractivity contribution < 1.29 is 23.9 Å². The molecule has 6 aliphatic rings. The van der Waals surface area contributed by atoms with E-state index in [1.807, 2.05) is 48.5 Å². The first-order valence-electron chi connectivity index (χ1n) is 16.9. The second kappa shape index (κ2) is 10.5. The molecule has 238 valence electrons. The average Bonchev–Trinajstić information content (AvgIpc) is 3.49. The van der Waals surface area contributed by atoms with Crippen LogP contribution in [0, 0.1) is 47.3 Å². The van der Waals surface area contributed by atoms with Crippen LogP contribution < -0.4 is 0 Å². The first-order chi connectivity index (χ1) is 23.5. The van der Waals surface area contributed by atoms with Gasteiger partial charge in [0.15, 0.2) is 5.78 Å². The van der Waals surface area contributed by atoms with Gasteiger partial charge in [0.1, 0.15) is 0 Å². The molecular weight excluding hydrogens is 596 g/mol. The average molecular weight is 633 g/mol. The highest BCUT2D eigenvalue weighted by Crippen LogP contribution is 2.83. The van der Waals surface area contributed by atoms with Crippen LogP contribution in [0.5, 0.6) is 0 Å². The number of Topliss-reactive ketones (excluding diaryl/α,β-unsaturated/α-hetero) is 1. The van der Waals surface area contributed by atoms with Crippen molar-refractivity contribution in [1.29, 1.82) is 0 Å². The Balaban J connectivity index is 1.42. The Bertz CT molecular complexity index is 1860. The number of methoxy groups -OCH3 is 2. The maximum atomic E-state index is 16.3. The maximum absolute atomic E-state index is 16.3. The highest BCUT2D eigenvalue weighted by molar-refractivity contribution is 6.30. The fraction of sp³-hybridized carbons (Fsp3) is 0.279. The van der Waals surface area contributed by atoms with E-state index in [1.54, 1.807) is 0 Å². The van der Waals surface area contributed by atoms with Crippen LogP contribution in [0.2, 0.25) is 0 Å². The van der Waals surface area contributed by atoms with Gasteiger partial charge < -0.3 is 9.47 Å². The van der Waals surface area contributed by atoms with Gasteiger partial charge in [-0.2, -0.15) is 0 Å². The molecule has 10 atom stereocenters. The lowest BCUT2D eigenvalue weighted by molar-refractivity contribution is -0.195. The summed E-state index contributed by atoms with van der Waals surface area (Å²) in [6.45, 7) is 0. The SMILES string of the molecule is COC(=O)[C@@H]1[C@H]2C=C[C@@H]([C@@H]1C(=O)OC)[C@@H]1[C@@H]2[C@H]2[C@H]1[C@@]1(c3ccccc3)C(=O)[C@@]2(c2ccccc2)C(c2ccccc2)=C1c1ccccc1. The molecule has 0 N–H and O–H groups in total. The normalized spacial score (nSPS) is 35.1. The Kier molecular flexibility index (Phi) is 6.36. The van der Waals surface area contributed by atoms with Crippen LogP contribution in [0.25, 0.3) is 11.1 Å². The molecule has 4 aromatic rings. The molecule has 6 aliphatic carbocycles. The molecule has 0 heterocycles. The Labute approximate surface area is 280 Å². The van der Waals surface area contributed by atoms with Crippen molar-refractivity contribution >= 4 is 28.9 Å². The molecule has 0 spiro atoms. The third-order valence-electron chi connectivity index (χ3n) is 12.6. The molecule has 5 nitrogen and oxygen atoms in total. The molecule has 0 unspecified atom stereocenters. The van der Waals surface area contributed by atoms with Gasteiger partial charge in [0.2, 0.25) is 0 Å². The number of ether oxygens (including phenoxy) is 2. The molecule has 0 saturated heterocycles. The molecule has 48 heavy (non-hydrogen) atoms. The van der Waals surface area contributed by atoms with E-state index >= 15 is 4.79 Å². The van der Waals surface area contributed by atoms with Gasteiger partial charge in [-0.05, 0) is 68.9 Å². The molecule has 4 bridgehead atoms. The van der Waals surface area contributed by atoms with E-state index in [0.717, 1.165) is 33.4 Å². The smallest absolute Gasteiger partial charge is 0.310 e. The Hall–Kier alpha value is -5.03. The van der Waals surface area contributed by atoms with Crippen LogP contribution in [0.3, 0.4) is 0 Å². The molecule has 0 aliphatic heterocycles. The number of ketones is 1. The molecule has 0 amide bonds. The second-order valence-electron chi connectivity index (χ2n) is 14.0. The van der Waals surface area contributed by atoms with E-state index in [-0.39, 0.29) is 41.3 Å². The van der Waals surface area contributed by atoms with Crippen LogP contribution in [0.15, 0.2) is 133 Å². The maximum Gasteiger partial charge on any atom is 0.310 e. The lowest BCUT2D eigenvalue weighted by atomic mass is 9.33. The first-order valence-corrected chi connectivity index (χ1v) is 16.9. The number of rotatable bonds is 6. The van der Waals surface area contributed by atoms with Gasteiger partial charge in [0, 0.05) is 0 Å². The summed E-state index contributed by atoms with van der Waals surface area (Å²) in [6.07, 6.45) is 4.27. The van der Waals surface area contributed by atoms with Gasteiger partial charge in [-0.15, -0.1) is 0 Å². The standard InChI is InChI=1S/C43H36O5/c1-47-39(44)33-29-23-24-30(34(33)40(45)48-2)32-31(29)37-38(32)43(28-21-13-6-14-22-28)36(26-17-9-4-10-18-26)35(25-15-7-3-8-16-25)42(37,41(43)46)27-19-11-5-12-20-27/h3-24,29-34,37-38H,1-2H3/t29-,30+,31-,32-,33+,34-,37+,38+,42+,43+/m1/s1. The molecule has 3 saturated carbocycles. The third kappa shape index (κ3) is 3.34. The minimum Gasteiger partial charge on any atom is -0.469 e. The van der Waals surface area contributed by atoms with Crippen molar-refractivity contribution in [3.63, 3.8) is 0 Å². The van der Waals surface area contributed by atoms with Gasteiger partial charge in [-0.25, -0.2) is 0 Å². The fourth-order valence-electron chi connectivity index (χ4n) is 11.4. The van der Waals surface area contributed by atoms with Gasteiger partial charge in [0.25, 0.3) is 0 Å². The van der Waals surface area contributed by atoms with Crippen LogP contribution in [0.4, 0.5) is 0 Å². The Morgan fingerprint density at radius 1 is 0.521 bits per heavy atom. The van der Waals surface area contributed by atoms with Gasteiger partial charge in [0.05, 0.1) is 36.9 Å². The molecule has 5 heteroatoms. The lowest BCUT2D eigenvalue weighted by Gasteiger charge is -2.69. The van der Waals surface area contributed by atoms with Crippen molar-refractivity contribution in [3.8, 4) is 0 Å². The number of carbonyl (C=O) groups is 3. The van der Waals surface area contributed by atoms with Crippen molar-refractivity contribution in [2.45, 2.75) is 10.8 Å². The van der Waals surface area contributed by atoms with Crippen LogP contribution in [0.1, 0.15) is 22.3 Å². The number of hydrogen-bond acceptors (Lipinski definition) is 5. The number of fused-ring (bicyclic) bond motifs is 6. The van der Waals surface area contributed by atoms with Crippen molar-refractivity contribution in [2.75, 3.05) is 14.2 Å². The summed E-state index contributed by atoms with van der Waals surface area (Å²) < 4.78 is 10.8. The Morgan fingerprint density at radius 2 is 0.854 bits per heavy atom. The Morgan fingerprint density at radius 3 is 1.19 bits per heavy atom.